The first-order valence-corrected chi connectivity index (χ1v) is 9.07. The summed E-state index contributed by atoms with van der Waals surface area (Å²) in [6.07, 6.45) is 0. The van der Waals surface area contributed by atoms with Gasteiger partial charge < -0.3 is 4.74 Å². The summed E-state index contributed by atoms with van der Waals surface area (Å²) in [5.41, 5.74) is 2.33. The highest BCUT2D eigenvalue weighted by Crippen LogP contribution is 2.30. The van der Waals surface area contributed by atoms with Gasteiger partial charge in [0.25, 0.3) is 0 Å². The van der Waals surface area contributed by atoms with Gasteiger partial charge in [-0.1, -0.05) is 18.2 Å². The lowest BCUT2D eigenvalue weighted by Gasteiger charge is -2.23. The Balaban J connectivity index is 1.76. The minimum Gasteiger partial charge on any atom is -0.496 e. The van der Waals surface area contributed by atoms with Crippen molar-refractivity contribution in [1.29, 1.82) is 0 Å². The SMILES string of the molecule is COc1ccc(CN(C)[C@@H](C)c2nc3ccccc3s2)cc1Br. The second-order valence-corrected chi connectivity index (χ2v) is 7.50. The number of rotatable bonds is 5. The molecule has 0 bridgehead atoms. The summed E-state index contributed by atoms with van der Waals surface area (Å²) in [5.74, 6) is 0.857. The van der Waals surface area contributed by atoms with E-state index in [2.05, 4.69) is 65.1 Å². The fourth-order valence-corrected chi connectivity index (χ4v) is 4.16. The first-order valence-electron chi connectivity index (χ1n) is 7.46. The standard InChI is InChI=1S/C18H19BrN2OS/c1-12(18-20-15-6-4-5-7-17(15)23-18)21(2)11-13-8-9-16(22-3)14(19)10-13/h4-10,12H,11H2,1-3H3/t12-/m0/s1. The van der Waals surface area contributed by atoms with Gasteiger partial charge >= 0.3 is 0 Å². The van der Waals surface area contributed by atoms with Gasteiger partial charge in [-0.2, -0.15) is 0 Å². The van der Waals surface area contributed by atoms with Gasteiger partial charge in [-0.3, -0.25) is 4.90 Å². The molecule has 0 amide bonds. The van der Waals surface area contributed by atoms with Crippen LogP contribution >= 0.6 is 27.3 Å². The molecular weight excluding hydrogens is 372 g/mol. The van der Waals surface area contributed by atoms with Crippen LogP contribution in [0.5, 0.6) is 5.75 Å². The van der Waals surface area contributed by atoms with E-state index in [0.29, 0.717) is 0 Å². The molecule has 0 unspecified atom stereocenters. The van der Waals surface area contributed by atoms with E-state index in [1.165, 1.54) is 10.3 Å². The molecule has 23 heavy (non-hydrogen) atoms. The summed E-state index contributed by atoms with van der Waals surface area (Å²) in [4.78, 5) is 7.08. The third-order valence-electron chi connectivity index (χ3n) is 3.98. The molecule has 3 rings (SSSR count). The van der Waals surface area contributed by atoms with Gasteiger partial charge in [-0.15, -0.1) is 11.3 Å². The van der Waals surface area contributed by atoms with E-state index in [4.69, 9.17) is 9.72 Å². The first-order chi connectivity index (χ1) is 11.1. The van der Waals surface area contributed by atoms with Crippen LogP contribution in [0.1, 0.15) is 23.5 Å². The van der Waals surface area contributed by atoms with Crippen LogP contribution in [0, 0.1) is 0 Å². The van der Waals surface area contributed by atoms with Crippen molar-refractivity contribution in [3.05, 3.63) is 57.5 Å². The number of halogens is 1. The zero-order chi connectivity index (χ0) is 16.4. The Labute approximate surface area is 149 Å². The number of methoxy groups -OCH3 is 1. The summed E-state index contributed by atoms with van der Waals surface area (Å²) < 4.78 is 7.52. The molecule has 0 saturated heterocycles. The zero-order valence-electron chi connectivity index (χ0n) is 13.4. The van der Waals surface area contributed by atoms with Crippen LogP contribution in [0.15, 0.2) is 46.9 Å². The molecule has 120 valence electrons. The van der Waals surface area contributed by atoms with Crippen LogP contribution < -0.4 is 4.74 Å². The normalized spacial score (nSPS) is 12.7. The van der Waals surface area contributed by atoms with E-state index in [1.807, 2.05) is 12.1 Å². The molecule has 0 radical (unpaired) electrons. The van der Waals surface area contributed by atoms with Gasteiger partial charge in [0.2, 0.25) is 0 Å². The molecule has 3 nitrogen and oxygen atoms in total. The Morgan fingerprint density at radius 2 is 2.04 bits per heavy atom. The Morgan fingerprint density at radius 1 is 1.26 bits per heavy atom. The average molecular weight is 391 g/mol. The Hall–Kier alpha value is -1.43. The fourth-order valence-electron chi connectivity index (χ4n) is 2.49. The molecule has 0 saturated carbocycles. The van der Waals surface area contributed by atoms with Gasteiger partial charge in [0, 0.05) is 6.54 Å². The third-order valence-corrected chi connectivity index (χ3v) is 5.80. The van der Waals surface area contributed by atoms with Crippen LogP contribution in [-0.4, -0.2) is 24.0 Å². The number of ether oxygens (including phenoxy) is 1. The lowest BCUT2D eigenvalue weighted by molar-refractivity contribution is 0.252. The Bertz CT molecular complexity index is 785. The molecule has 2 aromatic carbocycles. The Kier molecular flexibility index (Phi) is 4.99. The van der Waals surface area contributed by atoms with Gasteiger partial charge in [-0.05, 0) is 59.7 Å². The van der Waals surface area contributed by atoms with Crippen LogP contribution in [0.4, 0.5) is 0 Å². The average Bonchev–Trinajstić information content (AvgIpc) is 2.98. The smallest absolute Gasteiger partial charge is 0.133 e. The molecule has 1 atom stereocenters. The fraction of sp³-hybridized carbons (Fsp3) is 0.278. The molecule has 1 heterocycles. The number of fused-ring (bicyclic) bond motifs is 1. The second-order valence-electron chi connectivity index (χ2n) is 5.58. The van der Waals surface area contributed by atoms with Crippen LogP contribution in [-0.2, 0) is 6.54 Å². The van der Waals surface area contributed by atoms with Crippen LogP contribution in [0.3, 0.4) is 0 Å². The summed E-state index contributed by atoms with van der Waals surface area (Å²) in [6.45, 7) is 3.07. The number of thiazole rings is 1. The minimum absolute atomic E-state index is 0.272. The lowest BCUT2D eigenvalue weighted by atomic mass is 10.2. The molecule has 5 heteroatoms. The largest absolute Gasteiger partial charge is 0.496 e. The number of benzene rings is 2. The van der Waals surface area contributed by atoms with Gasteiger partial charge in [-0.25, -0.2) is 4.98 Å². The highest BCUT2D eigenvalue weighted by molar-refractivity contribution is 9.10. The summed E-state index contributed by atoms with van der Waals surface area (Å²) in [6, 6.07) is 14.8. The van der Waals surface area contributed by atoms with E-state index in [0.717, 1.165) is 27.3 Å². The van der Waals surface area contributed by atoms with Crippen molar-refractivity contribution in [3.8, 4) is 5.75 Å². The van der Waals surface area contributed by atoms with Crippen molar-refractivity contribution in [3.63, 3.8) is 0 Å². The molecule has 0 N–H and O–H groups in total. The summed E-state index contributed by atoms with van der Waals surface area (Å²) in [5, 5.41) is 1.15. The maximum absolute atomic E-state index is 5.29. The third kappa shape index (κ3) is 3.57. The molecule has 3 aromatic rings. The van der Waals surface area contributed by atoms with E-state index < -0.39 is 0 Å². The monoisotopic (exact) mass is 390 g/mol. The molecule has 0 aliphatic carbocycles. The molecule has 1 aromatic heterocycles. The van der Waals surface area contributed by atoms with Crippen molar-refractivity contribution < 1.29 is 4.74 Å². The van der Waals surface area contributed by atoms with Gasteiger partial charge in [0.05, 0.1) is 27.8 Å². The summed E-state index contributed by atoms with van der Waals surface area (Å²) >= 11 is 5.32. The number of aromatic nitrogens is 1. The van der Waals surface area contributed by atoms with E-state index in [9.17, 15) is 0 Å². The zero-order valence-corrected chi connectivity index (χ0v) is 15.8. The highest BCUT2D eigenvalue weighted by atomic mass is 79.9. The quantitative estimate of drug-likeness (QED) is 0.593. The number of nitrogens with zero attached hydrogens (tertiary/aromatic N) is 2. The molecule has 0 aliphatic heterocycles. The van der Waals surface area contributed by atoms with Gasteiger partial charge in [0.1, 0.15) is 10.8 Å². The maximum atomic E-state index is 5.29. The van der Waals surface area contributed by atoms with E-state index in [1.54, 1.807) is 18.4 Å². The first kappa shape index (κ1) is 16.4. The van der Waals surface area contributed by atoms with Gasteiger partial charge in [0.15, 0.2) is 0 Å². The number of hydrogen-bond acceptors (Lipinski definition) is 4. The van der Waals surface area contributed by atoms with Crippen molar-refractivity contribution in [2.75, 3.05) is 14.2 Å². The molecular formula is C18H19BrN2OS. The van der Waals surface area contributed by atoms with Crippen molar-refractivity contribution >= 4 is 37.5 Å². The lowest BCUT2D eigenvalue weighted by Crippen LogP contribution is -2.21. The van der Waals surface area contributed by atoms with Crippen LogP contribution in [0.2, 0.25) is 0 Å². The molecule has 0 spiro atoms. The van der Waals surface area contributed by atoms with Crippen LogP contribution in [0.25, 0.3) is 10.2 Å². The highest BCUT2D eigenvalue weighted by Gasteiger charge is 2.16. The van der Waals surface area contributed by atoms with E-state index >= 15 is 0 Å². The molecule has 0 fully saturated rings. The van der Waals surface area contributed by atoms with Crippen molar-refractivity contribution in [1.82, 2.24) is 9.88 Å². The van der Waals surface area contributed by atoms with Crippen molar-refractivity contribution in [2.45, 2.75) is 19.5 Å². The second kappa shape index (κ2) is 6.99. The topological polar surface area (TPSA) is 25.4 Å². The van der Waals surface area contributed by atoms with E-state index in [-0.39, 0.29) is 6.04 Å². The number of para-hydroxylation sites is 1. The predicted molar refractivity (Wildman–Crippen MR) is 100 cm³/mol. The maximum Gasteiger partial charge on any atom is 0.133 e. The molecule has 0 aliphatic rings. The Morgan fingerprint density at radius 3 is 2.74 bits per heavy atom. The predicted octanol–water partition coefficient (Wildman–Crippen LogP) is 5.26. The summed E-state index contributed by atoms with van der Waals surface area (Å²) in [7, 11) is 3.82. The minimum atomic E-state index is 0.272. The number of hydrogen-bond donors (Lipinski definition) is 0. The van der Waals surface area contributed by atoms with Crippen molar-refractivity contribution in [2.24, 2.45) is 0 Å².